The summed E-state index contributed by atoms with van der Waals surface area (Å²) in [6.45, 7) is 9.15. The Bertz CT molecular complexity index is 1230. The molecule has 2 heterocycles. The summed E-state index contributed by atoms with van der Waals surface area (Å²) in [7, 11) is 1.61. The van der Waals surface area contributed by atoms with Crippen molar-refractivity contribution < 1.29 is 19.0 Å². The number of ether oxygens (including phenoxy) is 3. The number of methoxy groups -OCH3 is 1. The van der Waals surface area contributed by atoms with Gasteiger partial charge in [-0.3, -0.25) is 9.36 Å². The van der Waals surface area contributed by atoms with Gasteiger partial charge in [0, 0.05) is 31.4 Å². The zero-order valence-electron chi connectivity index (χ0n) is 20.9. The fraction of sp³-hybridized carbons (Fsp3) is 0.346. The fourth-order valence-corrected chi connectivity index (χ4v) is 4.97. The number of benzene rings is 2. The van der Waals surface area contributed by atoms with E-state index >= 15 is 0 Å². The lowest BCUT2D eigenvalue weighted by atomic mass is 10.2. The summed E-state index contributed by atoms with van der Waals surface area (Å²) in [5.74, 6) is 1.98. The lowest BCUT2D eigenvalue weighted by Crippen LogP contribution is -2.36. The lowest BCUT2D eigenvalue weighted by Gasteiger charge is -2.29. The van der Waals surface area contributed by atoms with Crippen molar-refractivity contribution in [2.24, 2.45) is 0 Å². The zero-order chi connectivity index (χ0) is 26.2. The molecule has 9 nitrogen and oxygen atoms in total. The molecule has 37 heavy (non-hydrogen) atoms. The number of anilines is 2. The maximum atomic E-state index is 12.7. The van der Waals surface area contributed by atoms with Gasteiger partial charge in [0.05, 0.1) is 36.8 Å². The van der Waals surface area contributed by atoms with Crippen LogP contribution in [0.2, 0.25) is 5.02 Å². The molecule has 0 saturated carbocycles. The number of nitrogens with zero attached hydrogens (tertiary/aromatic N) is 4. The first-order chi connectivity index (χ1) is 18.0. The second-order valence-corrected chi connectivity index (χ2v) is 9.63. The van der Waals surface area contributed by atoms with E-state index < -0.39 is 0 Å². The van der Waals surface area contributed by atoms with E-state index in [1.165, 1.54) is 11.8 Å². The molecule has 2 aromatic carbocycles. The molecule has 1 unspecified atom stereocenters. The monoisotopic (exact) mass is 543 g/mol. The van der Waals surface area contributed by atoms with Crippen LogP contribution in [0.25, 0.3) is 0 Å². The Balaban J connectivity index is 1.37. The molecule has 3 aromatic rings. The molecule has 0 spiro atoms. The second kappa shape index (κ2) is 12.8. The summed E-state index contributed by atoms with van der Waals surface area (Å²) >= 11 is 7.79. The van der Waals surface area contributed by atoms with Crippen LogP contribution in [-0.4, -0.2) is 59.8 Å². The standard InChI is InChI=1S/C26H30ClN5O4S/c1-4-10-32-25(18(2)36-21-7-5-6-20(16-21)34-3)29-30-26(32)37-17-24(33)28-19-8-9-23(22(27)15-19)31-11-13-35-14-12-31/h4-9,15-16,18H,1,10-14,17H2,2-3H3,(H,28,33). The number of carbonyl (C=O) groups is 1. The van der Waals surface area contributed by atoms with Crippen LogP contribution in [-0.2, 0) is 16.1 Å². The molecule has 1 aliphatic rings. The van der Waals surface area contributed by atoms with Crippen LogP contribution in [0.15, 0.2) is 60.3 Å². The van der Waals surface area contributed by atoms with Gasteiger partial charge in [0.25, 0.3) is 0 Å². The minimum atomic E-state index is -0.380. The van der Waals surface area contributed by atoms with E-state index in [1.807, 2.05) is 47.9 Å². The average molecular weight is 544 g/mol. The topological polar surface area (TPSA) is 90.7 Å². The minimum Gasteiger partial charge on any atom is -0.497 e. The van der Waals surface area contributed by atoms with E-state index in [9.17, 15) is 4.79 Å². The Hall–Kier alpha value is -3.21. The molecule has 1 N–H and O–H groups in total. The highest BCUT2D eigenvalue weighted by atomic mass is 35.5. The van der Waals surface area contributed by atoms with Crippen LogP contribution < -0.4 is 19.7 Å². The van der Waals surface area contributed by atoms with Gasteiger partial charge in [-0.05, 0) is 37.3 Å². The quantitative estimate of drug-likeness (QED) is 0.271. The van der Waals surface area contributed by atoms with Crippen molar-refractivity contribution in [3.63, 3.8) is 0 Å². The smallest absolute Gasteiger partial charge is 0.234 e. The van der Waals surface area contributed by atoms with Gasteiger partial charge in [-0.25, -0.2) is 0 Å². The molecule has 1 fully saturated rings. The van der Waals surface area contributed by atoms with E-state index in [2.05, 4.69) is 27.0 Å². The fourth-order valence-electron chi connectivity index (χ4n) is 3.91. The van der Waals surface area contributed by atoms with Crippen molar-refractivity contribution in [2.45, 2.75) is 24.7 Å². The van der Waals surface area contributed by atoms with Crippen molar-refractivity contribution in [2.75, 3.05) is 49.4 Å². The van der Waals surface area contributed by atoms with Crippen LogP contribution in [0.1, 0.15) is 18.9 Å². The van der Waals surface area contributed by atoms with Gasteiger partial charge >= 0.3 is 0 Å². The van der Waals surface area contributed by atoms with Gasteiger partial charge in [0.15, 0.2) is 17.1 Å². The van der Waals surface area contributed by atoms with Crippen LogP contribution in [0.4, 0.5) is 11.4 Å². The normalized spacial score (nSPS) is 14.2. The Morgan fingerprint density at radius 1 is 1.24 bits per heavy atom. The van der Waals surface area contributed by atoms with Gasteiger partial charge in [-0.15, -0.1) is 16.8 Å². The summed E-state index contributed by atoms with van der Waals surface area (Å²) in [6.07, 6.45) is 1.38. The highest BCUT2D eigenvalue weighted by molar-refractivity contribution is 7.99. The summed E-state index contributed by atoms with van der Waals surface area (Å²) < 4.78 is 18.6. The molecule has 1 amide bonds. The zero-order valence-corrected chi connectivity index (χ0v) is 22.4. The van der Waals surface area contributed by atoms with E-state index in [0.717, 1.165) is 18.8 Å². The molecule has 0 aliphatic carbocycles. The molecule has 1 aromatic heterocycles. The predicted molar refractivity (Wildman–Crippen MR) is 146 cm³/mol. The number of aromatic nitrogens is 3. The average Bonchev–Trinajstić information content (AvgIpc) is 3.31. The summed E-state index contributed by atoms with van der Waals surface area (Å²) in [5, 5.41) is 12.7. The van der Waals surface area contributed by atoms with E-state index in [0.29, 0.717) is 52.9 Å². The SMILES string of the molecule is C=CCn1c(SCC(=O)Nc2ccc(N3CCOCC3)c(Cl)c2)nnc1C(C)Oc1cccc(OC)c1. The Labute approximate surface area is 225 Å². The number of thioether (sulfide) groups is 1. The van der Waals surface area contributed by atoms with Crippen molar-refractivity contribution in [1.29, 1.82) is 0 Å². The third-order valence-electron chi connectivity index (χ3n) is 5.69. The van der Waals surface area contributed by atoms with Crippen LogP contribution in [0.5, 0.6) is 11.5 Å². The number of carbonyl (C=O) groups excluding carboxylic acids is 1. The largest absolute Gasteiger partial charge is 0.497 e. The van der Waals surface area contributed by atoms with Gasteiger partial charge in [-0.2, -0.15) is 0 Å². The van der Waals surface area contributed by atoms with Crippen LogP contribution in [0, 0.1) is 0 Å². The predicted octanol–water partition coefficient (Wildman–Crippen LogP) is 4.83. The third-order valence-corrected chi connectivity index (χ3v) is 6.96. The number of morpholine rings is 1. The van der Waals surface area contributed by atoms with Gasteiger partial charge in [0.2, 0.25) is 5.91 Å². The first-order valence-electron chi connectivity index (χ1n) is 11.9. The first kappa shape index (κ1) is 26.8. The molecule has 1 atom stereocenters. The number of hydrogen-bond acceptors (Lipinski definition) is 8. The van der Waals surface area contributed by atoms with Crippen molar-refractivity contribution in [3.05, 3.63) is 66.0 Å². The number of hydrogen-bond donors (Lipinski definition) is 1. The minimum absolute atomic E-state index is 0.156. The lowest BCUT2D eigenvalue weighted by molar-refractivity contribution is -0.113. The number of nitrogens with one attached hydrogen (secondary N) is 1. The molecular weight excluding hydrogens is 514 g/mol. The van der Waals surface area contributed by atoms with Crippen LogP contribution in [0.3, 0.4) is 0 Å². The molecule has 1 aliphatic heterocycles. The first-order valence-corrected chi connectivity index (χ1v) is 13.2. The number of amides is 1. The Morgan fingerprint density at radius 3 is 2.76 bits per heavy atom. The van der Waals surface area contributed by atoms with Crippen molar-refractivity contribution >= 4 is 40.6 Å². The second-order valence-electron chi connectivity index (χ2n) is 8.28. The van der Waals surface area contributed by atoms with E-state index in [-0.39, 0.29) is 17.8 Å². The van der Waals surface area contributed by atoms with Gasteiger partial charge < -0.3 is 24.4 Å². The molecule has 4 rings (SSSR count). The number of rotatable bonds is 11. The number of allylic oxidation sites excluding steroid dienone is 1. The molecule has 196 valence electrons. The third kappa shape index (κ3) is 6.97. The molecule has 0 radical (unpaired) electrons. The molecule has 0 bridgehead atoms. The van der Waals surface area contributed by atoms with Crippen molar-refractivity contribution in [3.8, 4) is 11.5 Å². The molecule has 11 heteroatoms. The maximum absolute atomic E-state index is 12.7. The summed E-state index contributed by atoms with van der Waals surface area (Å²) in [4.78, 5) is 14.9. The highest BCUT2D eigenvalue weighted by Gasteiger charge is 2.20. The van der Waals surface area contributed by atoms with E-state index in [4.69, 9.17) is 25.8 Å². The molecular formula is C26H30ClN5O4S. The summed E-state index contributed by atoms with van der Waals surface area (Å²) in [6, 6.07) is 12.9. The Morgan fingerprint density at radius 2 is 2.03 bits per heavy atom. The maximum Gasteiger partial charge on any atom is 0.234 e. The van der Waals surface area contributed by atoms with Gasteiger partial charge in [0.1, 0.15) is 11.5 Å². The van der Waals surface area contributed by atoms with Gasteiger partial charge in [-0.1, -0.05) is 35.5 Å². The summed E-state index contributed by atoms with van der Waals surface area (Å²) in [5.41, 5.74) is 1.58. The number of halogens is 1. The van der Waals surface area contributed by atoms with Crippen LogP contribution >= 0.6 is 23.4 Å². The highest BCUT2D eigenvalue weighted by Crippen LogP contribution is 2.30. The Kier molecular flexibility index (Phi) is 9.32. The van der Waals surface area contributed by atoms with Crippen molar-refractivity contribution in [1.82, 2.24) is 14.8 Å². The molecule has 1 saturated heterocycles. The van der Waals surface area contributed by atoms with E-state index in [1.54, 1.807) is 19.3 Å².